The Morgan fingerprint density at radius 3 is 2.19 bits per heavy atom. The molecule has 0 bridgehead atoms. The van der Waals surface area contributed by atoms with Crippen LogP contribution >= 0.6 is 0 Å². The van der Waals surface area contributed by atoms with Gasteiger partial charge in [0.1, 0.15) is 0 Å². The van der Waals surface area contributed by atoms with E-state index >= 15 is 0 Å². The summed E-state index contributed by atoms with van der Waals surface area (Å²) in [7, 11) is 0. The van der Waals surface area contributed by atoms with E-state index in [0.29, 0.717) is 13.0 Å². The maximum Gasteiger partial charge on any atom is 0.256 e. The van der Waals surface area contributed by atoms with Crippen molar-refractivity contribution in [2.75, 3.05) is 6.54 Å². The molecule has 0 aromatic rings. The molecule has 7 nitrogen and oxygen atoms in total. The largest absolute Gasteiger partial charge is 0.279 e. The van der Waals surface area contributed by atoms with Gasteiger partial charge in [0.25, 0.3) is 23.6 Å². The highest BCUT2D eigenvalue weighted by atomic mass is 16.5. The Morgan fingerprint density at radius 2 is 1.62 bits per heavy atom. The van der Waals surface area contributed by atoms with Crippen molar-refractivity contribution in [3.63, 3.8) is 0 Å². The van der Waals surface area contributed by atoms with E-state index in [1.54, 1.807) is 0 Å². The third-order valence-corrected chi connectivity index (χ3v) is 3.80. The van der Waals surface area contributed by atoms with Crippen LogP contribution in [0.5, 0.6) is 0 Å². The van der Waals surface area contributed by atoms with E-state index in [9.17, 15) is 19.2 Å². The molecule has 0 saturated carbocycles. The van der Waals surface area contributed by atoms with Gasteiger partial charge in [-0.05, 0) is 12.8 Å². The molecule has 21 heavy (non-hydrogen) atoms. The van der Waals surface area contributed by atoms with Crippen molar-refractivity contribution in [2.24, 2.45) is 5.92 Å². The van der Waals surface area contributed by atoms with Crippen LogP contribution < -0.4 is 0 Å². The highest BCUT2D eigenvalue weighted by Gasteiger charge is 2.37. The Labute approximate surface area is 122 Å². The molecule has 0 aromatic carbocycles. The van der Waals surface area contributed by atoms with Crippen molar-refractivity contribution in [3.05, 3.63) is 12.2 Å². The van der Waals surface area contributed by atoms with E-state index in [1.807, 2.05) is 0 Å². The lowest BCUT2D eigenvalue weighted by atomic mass is 9.99. The van der Waals surface area contributed by atoms with Crippen molar-refractivity contribution in [1.82, 2.24) is 9.96 Å². The first-order valence-corrected chi connectivity index (χ1v) is 7.10. The van der Waals surface area contributed by atoms with Crippen LogP contribution in [0.15, 0.2) is 12.2 Å². The van der Waals surface area contributed by atoms with Crippen LogP contribution in [-0.4, -0.2) is 45.3 Å². The fraction of sp³-hybridized carbons (Fsp3) is 0.571. The molecule has 2 aliphatic rings. The second-order valence-corrected chi connectivity index (χ2v) is 5.31. The Hall–Kier alpha value is -2.02. The van der Waals surface area contributed by atoms with Crippen LogP contribution in [0.4, 0.5) is 0 Å². The fourth-order valence-electron chi connectivity index (χ4n) is 2.57. The van der Waals surface area contributed by atoms with E-state index in [0.717, 1.165) is 25.7 Å². The Kier molecular flexibility index (Phi) is 4.85. The lowest BCUT2D eigenvalue weighted by molar-refractivity contribution is -0.172. The predicted molar refractivity (Wildman–Crippen MR) is 70.7 cm³/mol. The maximum absolute atomic E-state index is 11.4. The summed E-state index contributed by atoms with van der Waals surface area (Å²) in [6.07, 6.45) is 6.39. The summed E-state index contributed by atoms with van der Waals surface area (Å²) in [5.41, 5.74) is 0. The van der Waals surface area contributed by atoms with E-state index in [4.69, 9.17) is 5.21 Å². The first kappa shape index (κ1) is 15.4. The summed E-state index contributed by atoms with van der Waals surface area (Å²) in [5, 5.41) is 9.32. The van der Waals surface area contributed by atoms with Crippen LogP contribution in [0.1, 0.15) is 38.5 Å². The zero-order valence-electron chi connectivity index (χ0n) is 11.7. The summed E-state index contributed by atoms with van der Waals surface area (Å²) in [6, 6.07) is 0. The lowest BCUT2D eigenvalue weighted by Crippen LogP contribution is -2.30. The molecule has 7 heteroatoms. The zero-order chi connectivity index (χ0) is 15.4. The molecule has 0 radical (unpaired) electrons. The number of unbranched alkanes of at least 4 members (excludes halogenated alkanes) is 3. The molecule has 2 rings (SSSR count). The first-order valence-electron chi connectivity index (χ1n) is 7.10. The number of amides is 4. The summed E-state index contributed by atoms with van der Waals surface area (Å²) < 4.78 is 0. The van der Waals surface area contributed by atoms with Gasteiger partial charge in [-0.15, -0.1) is 0 Å². The first-order chi connectivity index (χ1) is 10.0. The number of hydroxylamine groups is 2. The van der Waals surface area contributed by atoms with Gasteiger partial charge in [-0.3, -0.25) is 29.3 Å². The summed E-state index contributed by atoms with van der Waals surface area (Å²) in [5.74, 6) is -1.99. The summed E-state index contributed by atoms with van der Waals surface area (Å²) >= 11 is 0. The zero-order valence-corrected chi connectivity index (χ0v) is 11.7. The third kappa shape index (κ3) is 3.55. The Balaban J connectivity index is 1.57. The van der Waals surface area contributed by atoms with Crippen molar-refractivity contribution in [2.45, 2.75) is 38.5 Å². The van der Waals surface area contributed by atoms with Gasteiger partial charge in [0.05, 0.1) is 0 Å². The van der Waals surface area contributed by atoms with E-state index < -0.39 is 17.7 Å². The SMILES string of the molecule is O=C1CC(CCCCCCN2C(=O)C=CC2=O)C(=O)N1O. The van der Waals surface area contributed by atoms with Crippen molar-refractivity contribution < 1.29 is 24.4 Å². The van der Waals surface area contributed by atoms with Gasteiger partial charge in [-0.25, -0.2) is 0 Å². The quantitative estimate of drug-likeness (QED) is 0.422. The van der Waals surface area contributed by atoms with Gasteiger partial charge in [0.15, 0.2) is 0 Å². The molecule has 1 fully saturated rings. The summed E-state index contributed by atoms with van der Waals surface area (Å²) in [4.78, 5) is 46.4. The van der Waals surface area contributed by atoms with Crippen molar-refractivity contribution in [3.8, 4) is 0 Å². The minimum Gasteiger partial charge on any atom is -0.279 e. The average Bonchev–Trinajstić information content (AvgIpc) is 2.90. The third-order valence-electron chi connectivity index (χ3n) is 3.80. The molecule has 1 N–H and O–H groups in total. The van der Waals surface area contributed by atoms with Crippen molar-refractivity contribution in [1.29, 1.82) is 0 Å². The van der Waals surface area contributed by atoms with Gasteiger partial charge < -0.3 is 0 Å². The van der Waals surface area contributed by atoms with Crippen LogP contribution in [0.2, 0.25) is 0 Å². The number of hydrogen-bond acceptors (Lipinski definition) is 5. The Bertz CT molecular complexity index is 482. The van der Waals surface area contributed by atoms with Crippen LogP contribution in [0, 0.1) is 5.92 Å². The molecule has 0 aliphatic carbocycles. The smallest absolute Gasteiger partial charge is 0.256 e. The standard InChI is InChI=1S/C14H18N2O5/c17-11-6-7-12(18)15(11)8-4-2-1-3-5-10-9-13(19)16(21)14(10)20/h6-7,10,21H,1-5,8-9H2. The molecular formula is C14H18N2O5. The number of carbonyl (C=O) groups is 4. The van der Waals surface area contributed by atoms with Gasteiger partial charge in [0, 0.05) is 31.0 Å². The number of carbonyl (C=O) groups excluding carboxylic acids is 4. The molecule has 1 saturated heterocycles. The van der Waals surface area contributed by atoms with Gasteiger partial charge in [-0.1, -0.05) is 19.3 Å². The highest BCUT2D eigenvalue weighted by molar-refractivity contribution is 6.12. The fourth-order valence-corrected chi connectivity index (χ4v) is 2.57. The van der Waals surface area contributed by atoms with E-state index in [-0.39, 0.29) is 23.3 Å². The number of hydrogen-bond donors (Lipinski definition) is 1. The van der Waals surface area contributed by atoms with Gasteiger partial charge >= 0.3 is 0 Å². The van der Waals surface area contributed by atoms with Gasteiger partial charge in [0.2, 0.25) is 0 Å². The molecule has 1 unspecified atom stereocenters. The molecule has 0 spiro atoms. The van der Waals surface area contributed by atoms with Crippen LogP contribution in [0.25, 0.3) is 0 Å². The molecule has 1 atom stereocenters. The number of nitrogens with zero attached hydrogens (tertiary/aromatic N) is 2. The molecular weight excluding hydrogens is 276 g/mol. The van der Waals surface area contributed by atoms with Crippen molar-refractivity contribution >= 4 is 23.6 Å². The molecule has 2 heterocycles. The topological polar surface area (TPSA) is 95.0 Å². The predicted octanol–water partition coefficient (Wildman–Crippen LogP) is 0.626. The van der Waals surface area contributed by atoms with Crippen LogP contribution in [0.3, 0.4) is 0 Å². The van der Waals surface area contributed by atoms with E-state index in [2.05, 4.69) is 0 Å². The van der Waals surface area contributed by atoms with E-state index in [1.165, 1.54) is 17.1 Å². The monoisotopic (exact) mass is 294 g/mol. The van der Waals surface area contributed by atoms with Crippen LogP contribution in [-0.2, 0) is 19.2 Å². The summed E-state index contributed by atoms with van der Waals surface area (Å²) in [6.45, 7) is 0.413. The molecule has 2 aliphatic heterocycles. The molecule has 114 valence electrons. The second kappa shape index (κ2) is 6.62. The molecule has 0 aromatic heterocycles. The lowest BCUT2D eigenvalue weighted by Gasteiger charge is -2.13. The maximum atomic E-state index is 11.4. The minimum atomic E-state index is -0.538. The Morgan fingerprint density at radius 1 is 1.00 bits per heavy atom. The van der Waals surface area contributed by atoms with Gasteiger partial charge in [-0.2, -0.15) is 5.06 Å². The highest BCUT2D eigenvalue weighted by Crippen LogP contribution is 2.23. The normalized spacial score (nSPS) is 22.0. The minimum absolute atomic E-state index is 0.0811. The number of rotatable bonds is 7. The molecule has 4 amide bonds. The second-order valence-electron chi connectivity index (χ2n) is 5.31. The average molecular weight is 294 g/mol. The number of imide groups is 2.